The van der Waals surface area contributed by atoms with Gasteiger partial charge < -0.3 is 14.2 Å². The van der Waals surface area contributed by atoms with Gasteiger partial charge in [0.2, 0.25) is 0 Å². The van der Waals surface area contributed by atoms with E-state index < -0.39 is 6.10 Å². The van der Waals surface area contributed by atoms with E-state index in [2.05, 4.69) is 118 Å². The number of hydrogen-bond acceptors (Lipinski definition) is 6. The third-order valence-corrected chi connectivity index (χ3v) is 11.1. The molecule has 65 heavy (non-hydrogen) atoms. The maximum Gasteiger partial charge on any atom is 0.306 e. The van der Waals surface area contributed by atoms with Gasteiger partial charge in [-0.2, -0.15) is 0 Å². The number of ether oxygens (including phenoxy) is 3. The van der Waals surface area contributed by atoms with Gasteiger partial charge in [-0.05, 0) is 109 Å². The molecule has 6 nitrogen and oxygen atoms in total. The van der Waals surface area contributed by atoms with Crippen LogP contribution in [0.25, 0.3) is 0 Å². The van der Waals surface area contributed by atoms with E-state index in [9.17, 15) is 14.4 Å². The smallest absolute Gasteiger partial charge is 0.306 e. The SMILES string of the molecule is CC/C=C\C/C=C\C/C=C\C/C=C\CCCCCCCCC(=O)OCC(COC(=O)CCCCC/C=C\C=C/CCCC)OC(=O)CCCCCCCCC/C=C\C/C=C\CCCCC. The van der Waals surface area contributed by atoms with Crippen molar-refractivity contribution in [2.24, 2.45) is 0 Å². The fourth-order valence-corrected chi connectivity index (χ4v) is 7.03. The van der Waals surface area contributed by atoms with Crippen molar-refractivity contribution in [3.05, 3.63) is 97.2 Å². The Labute approximate surface area is 400 Å². The summed E-state index contributed by atoms with van der Waals surface area (Å²) < 4.78 is 16.8. The maximum absolute atomic E-state index is 12.8. The number of allylic oxidation sites excluding steroid dienone is 16. The van der Waals surface area contributed by atoms with E-state index in [-0.39, 0.29) is 31.1 Å². The largest absolute Gasteiger partial charge is 0.462 e. The minimum atomic E-state index is -0.799. The van der Waals surface area contributed by atoms with Crippen LogP contribution in [0.1, 0.15) is 239 Å². The molecule has 0 aliphatic heterocycles. The van der Waals surface area contributed by atoms with Crippen molar-refractivity contribution in [1.82, 2.24) is 0 Å². The van der Waals surface area contributed by atoms with Crippen LogP contribution in [-0.2, 0) is 28.6 Å². The van der Waals surface area contributed by atoms with Gasteiger partial charge in [0.1, 0.15) is 13.2 Å². The van der Waals surface area contributed by atoms with E-state index >= 15 is 0 Å². The lowest BCUT2D eigenvalue weighted by molar-refractivity contribution is -0.167. The lowest BCUT2D eigenvalue weighted by Gasteiger charge is -2.18. The molecule has 0 radical (unpaired) electrons. The average Bonchev–Trinajstić information content (AvgIpc) is 3.30. The van der Waals surface area contributed by atoms with Crippen LogP contribution < -0.4 is 0 Å². The van der Waals surface area contributed by atoms with E-state index in [4.69, 9.17) is 14.2 Å². The Morgan fingerprint density at radius 2 is 0.662 bits per heavy atom. The molecule has 370 valence electrons. The highest BCUT2D eigenvalue weighted by atomic mass is 16.6. The number of rotatable bonds is 47. The molecule has 0 bridgehead atoms. The fourth-order valence-electron chi connectivity index (χ4n) is 7.03. The van der Waals surface area contributed by atoms with Gasteiger partial charge in [0.05, 0.1) is 0 Å². The Bertz CT molecular complexity index is 1310. The Morgan fingerprint density at radius 1 is 0.338 bits per heavy atom. The molecule has 0 saturated carbocycles. The third kappa shape index (κ3) is 51.2. The highest BCUT2D eigenvalue weighted by Crippen LogP contribution is 2.14. The molecule has 0 amide bonds. The molecule has 0 saturated heterocycles. The van der Waals surface area contributed by atoms with Crippen LogP contribution in [0.3, 0.4) is 0 Å². The van der Waals surface area contributed by atoms with Gasteiger partial charge in [-0.1, -0.05) is 208 Å². The summed E-state index contributed by atoms with van der Waals surface area (Å²) in [5.74, 6) is -0.949. The van der Waals surface area contributed by atoms with Gasteiger partial charge in [-0.3, -0.25) is 14.4 Å². The number of hydrogen-bond donors (Lipinski definition) is 0. The molecule has 0 fully saturated rings. The molecule has 6 heteroatoms. The molecule has 0 aliphatic rings. The number of esters is 3. The maximum atomic E-state index is 12.8. The Hall–Kier alpha value is -3.67. The second-order valence-electron chi connectivity index (χ2n) is 17.4. The monoisotopic (exact) mass is 903 g/mol. The van der Waals surface area contributed by atoms with Crippen LogP contribution >= 0.6 is 0 Å². The Morgan fingerprint density at radius 3 is 1.09 bits per heavy atom. The van der Waals surface area contributed by atoms with Crippen LogP contribution in [-0.4, -0.2) is 37.2 Å². The first-order chi connectivity index (χ1) is 32.0. The lowest BCUT2D eigenvalue weighted by Crippen LogP contribution is -2.30. The summed E-state index contributed by atoms with van der Waals surface area (Å²) in [7, 11) is 0. The zero-order chi connectivity index (χ0) is 47.2. The predicted octanol–water partition coefficient (Wildman–Crippen LogP) is 17.8. The summed E-state index contributed by atoms with van der Waals surface area (Å²) in [5.41, 5.74) is 0. The van der Waals surface area contributed by atoms with Crippen molar-refractivity contribution in [3.8, 4) is 0 Å². The van der Waals surface area contributed by atoms with Crippen LogP contribution in [0.15, 0.2) is 97.2 Å². The normalized spacial score (nSPS) is 12.8. The first kappa shape index (κ1) is 61.3. The summed E-state index contributed by atoms with van der Waals surface area (Å²) in [6.07, 6.45) is 69.6. The van der Waals surface area contributed by atoms with Crippen LogP contribution in [0.5, 0.6) is 0 Å². The second kappa shape index (κ2) is 52.9. The third-order valence-electron chi connectivity index (χ3n) is 11.1. The fraction of sp³-hybridized carbons (Fsp3) is 0.678. The van der Waals surface area contributed by atoms with Gasteiger partial charge >= 0.3 is 17.9 Å². The quantitative estimate of drug-likeness (QED) is 0.0199. The minimum Gasteiger partial charge on any atom is -0.462 e. The van der Waals surface area contributed by atoms with Crippen molar-refractivity contribution in [2.75, 3.05) is 13.2 Å². The van der Waals surface area contributed by atoms with Crippen molar-refractivity contribution in [1.29, 1.82) is 0 Å². The molecule has 0 N–H and O–H groups in total. The minimum absolute atomic E-state index is 0.0979. The Kier molecular flexibility index (Phi) is 50.0. The Balaban J connectivity index is 4.42. The van der Waals surface area contributed by atoms with E-state index in [1.807, 2.05) is 0 Å². The summed E-state index contributed by atoms with van der Waals surface area (Å²) in [5, 5.41) is 0. The standard InChI is InChI=1S/C59H98O6/c1-4-7-10-13-16-19-22-24-26-28-29-31-32-34-37-40-43-46-49-52-58(61)64-55-56(54-63-57(60)51-48-45-42-39-36-21-18-15-12-9-6-3)65-59(62)53-50-47-44-41-38-35-33-30-27-25-23-20-17-14-11-8-5-2/h7,10,15-21,24-27,29,31,36,56H,4-6,8-9,11-14,22-23,28,30,32-35,37-55H2,1-3H3/b10-7-,18-15-,19-16-,20-17-,26-24-,27-25-,31-29-,36-21-. The van der Waals surface area contributed by atoms with Gasteiger partial charge in [-0.25, -0.2) is 0 Å². The van der Waals surface area contributed by atoms with Gasteiger partial charge in [0.25, 0.3) is 0 Å². The molecule has 1 unspecified atom stereocenters. The average molecular weight is 903 g/mol. The van der Waals surface area contributed by atoms with Gasteiger partial charge in [0.15, 0.2) is 6.10 Å². The molecule has 0 aromatic carbocycles. The molecule has 0 aromatic rings. The number of carbonyl (C=O) groups is 3. The molecule has 0 spiro atoms. The van der Waals surface area contributed by atoms with Crippen molar-refractivity contribution in [3.63, 3.8) is 0 Å². The van der Waals surface area contributed by atoms with Crippen LogP contribution in [0.4, 0.5) is 0 Å². The lowest BCUT2D eigenvalue weighted by atomic mass is 10.1. The number of carbonyl (C=O) groups excluding carboxylic acids is 3. The summed E-state index contributed by atoms with van der Waals surface area (Å²) in [6.45, 7) is 6.40. The van der Waals surface area contributed by atoms with E-state index in [1.54, 1.807) is 0 Å². The second-order valence-corrected chi connectivity index (χ2v) is 17.4. The molecule has 0 aliphatic carbocycles. The first-order valence-corrected chi connectivity index (χ1v) is 26.8. The molecule has 0 heterocycles. The first-order valence-electron chi connectivity index (χ1n) is 26.8. The van der Waals surface area contributed by atoms with E-state index in [0.29, 0.717) is 19.3 Å². The molecule has 1 atom stereocenters. The van der Waals surface area contributed by atoms with Crippen LogP contribution in [0.2, 0.25) is 0 Å². The highest BCUT2D eigenvalue weighted by molar-refractivity contribution is 5.71. The predicted molar refractivity (Wildman–Crippen MR) is 279 cm³/mol. The molecule has 0 aromatic heterocycles. The molecular formula is C59H98O6. The molecule has 0 rings (SSSR count). The molecular weight excluding hydrogens is 805 g/mol. The summed E-state index contributed by atoms with van der Waals surface area (Å²) >= 11 is 0. The highest BCUT2D eigenvalue weighted by Gasteiger charge is 2.19. The summed E-state index contributed by atoms with van der Waals surface area (Å²) in [6, 6.07) is 0. The number of unbranched alkanes of at least 4 members (excludes halogenated alkanes) is 21. The van der Waals surface area contributed by atoms with Gasteiger partial charge in [0, 0.05) is 19.3 Å². The zero-order valence-electron chi connectivity index (χ0n) is 42.2. The van der Waals surface area contributed by atoms with E-state index in [1.165, 1.54) is 77.0 Å². The van der Waals surface area contributed by atoms with Gasteiger partial charge in [-0.15, -0.1) is 0 Å². The van der Waals surface area contributed by atoms with Crippen molar-refractivity contribution in [2.45, 2.75) is 245 Å². The topological polar surface area (TPSA) is 78.9 Å². The van der Waals surface area contributed by atoms with E-state index in [0.717, 1.165) is 122 Å². The van der Waals surface area contributed by atoms with Crippen LogP contribution in [0, 0.1) is 0 Å². The van der Waals surface area contributed by atoms with Crippen molar-refractivity contribution < 1.29 is 28.6 Å². The van der Waals surface area contributed by atoms with Crippen molar-refractivity contribution >= 4 is 17.9 Å². The zero-order valence-corrected chi connectivity index (χ0v) is 42.2. The summed E-state index contributed by atoms with van der Waals surface area (Å²) in [4.78, 5) is 38.0.